The van der Waals surface area contributed by atoms with Gasteiger partial charge in [0.15, 0.2) is 17.5 Å². The number of esters is 1. The van der Waals surface area contributed by atoms with Crippen molar-refractivity contribution in [2.24, 2.45) is 0 Å². The van der Waals surface area contributed by atoms with Gasteiger partial charge in [-0.25, -0.2) is 26.7 Å². The van der Waals surface area contributed by atoms with Crippen LogP contribution in [-0.4, -0.2) is 5.97 Å². The average Bonchev–Trinajstić information content (AvgIpc) is 2.82. The molecular formula is C28H19F5O2. The van der Waals surface area contributed by atoms with Gasteiger partial charge in [-0.2, -0.15) is 0 Å². The molecule has 0 N–H and O–H groups in total. The second-order valence-corrected chi connectivity index (χ2v) is 7.49. The summed E-state index contributed by atoms with van der Waals surface area (Å²) in [5.74, 6) is 2.89. The van der Waals surface area contributed by atoms with Crippen molar-refractivity contribution in [1.29, 1.82) is 0 Å². The van der Waals surface area contributed by atoms with E-state index in [0.717, 1.165) is 31.4 Å². The first-order chi connectivity index (χ1) is 16.8. The highest BCUT2D eigenvalue weighted by molar-refractivity contribution is 5.91. The molecule has 178 valence electrons. The summed E-state index contributed by atoms with van der Waals surface area (Å²) >= 11 is 0. The van der Waals surface area contributed by atoms with Crippen molar-refractivity contribution in [3.8, 4) is 29.4 Å². The molecule has 0 saturated heterocycles. The van der Waals surface area contributed by atoms with Crippen LogP contribution in [0.5, 0.6) is 5.75 Å². The zero-order valence-corrected chi connectivity index (χ0v) is 18.7. The largest absolute Gasteiger partial charge is 0.423 e. The fraction of sp³-hybridized carbons (Fsp3) is 0.179. The number of halogens is 5. The third kappa shape index (κ3) is 6.94. The fourth-order valence-corrected chi connectivity index (χ4v) is 2.97. The maximum Gasteiger partial charge on any atom is 0.343 e. The molecule has 0 fully saturated rings. The zero-order chi connectivity index (χ0) is 25.4. The normalized spacial score (nSPS) is 10.1. The van der Waals surface area contributed by atoms with Gasteiger partial charge in [-0.1, -0.05) is 43.4 Å². The van der Waals surface area contributed by atoms with Crippen LogP contribution >= 0.6 is 0 Å². The highest BCUT2D eigenvalue weighted by atomic mass is 19.2. The molecule has 3 aromatic rings. The van der Waals surface area contributed by atoms with Crippen LogP contribution in [0.1, 0.15) is 59.7 Å². The average molecular weight is 482 g/mol. The Kier molecular flexibility index (Phi) is 8.64. The molecule has 3 rings (SSSR count). The molecule has 0 heterocycles. The lowest BCUT2D eigenvalue weighted by molar-refractivity contribution is 0.0733. The van der Waals surface area contributed by atoms with Gasteiger partial charge < -0.3 is 4.74 Å². The zero-order valence-electron chi connectivity index (χ0n) is 18.7. The van der Waals surface area contributed by atoms with E-state index in [1.807, 2.05) is 0 Å². The Labute approximate surface area is 199 Å². The number of unbranched alkanes of at least 4 members (excludes halogenated alkanes) is 3. The highest BCUT2D eigenvalue weighted by Gasteiger charge is 2.15. The second-order valence-electron chi connectivity index (χ2n) is 7.49. The van der Waals surface area contributed by atoms with Crippen LogP contribution in [0.25, 0.3) is 0 Å². The van der Waals surface area contributed by atoms with E-state index in [1.54, 1.807) is 0 Å². The molecule has 3 aromatic carbocycles. The van der Waals surface area contributed by atoms with Crippen molar-refractivity contribution in [2.75, 3.05) is 0 Å². The first-order valence-electron chi connectivity index (χ1n) is 10.7. The number of carbonyl (C=O) groups excluding carboxylic acids is 1. The van der Waals surface area contributed by atoms with Gasteiger partial charge in [-0.3, -0.25) is 0 Å². The fourth-order valence-electron chi connectivity index (χ4n) is 2.97. The van der Waals surface area contributed by atoms with E-state index >= 15 is 0 Å². The molecule has 0 radical (unpaired) electrons. The topological polar surface area (TPSA) is 26.3 Å². The third-order valence-corrected chi connectivity index (χ3v) is 4.80. The Morgan fingerprint density at radius 1 is 0.771 bits per heavy atom. The first kappa shape index (κ1) is 25.5. The minimum absolute atomic E-state index is 0.0138. The molecule has 35 heavy (non-hydrogen) atoms. The van der Waals surface area contributed by atoms with Gasteiger partial charge in [0.05, 0.1) is 11.1 Å². The number of rotatable bonds is 5. The molecule has 0 atom stereocenters. The van der Waals surface area contributed by atoms with Gasteiger partial charge in [0, 0.05) is 29.7 Å². The lowest BCUT2D eigenvalue weighted by Crippen LogP contribution is -2.09. The Morgan fingerprint density at radius 3 is 2.00 bits per heavy atom. The van der Waals surface area contributed by atoms with E-state index in [0.29, 0.717) is 24.1 Å². The summed E-state index contributed by atoms with van der Waals surface area (Å²) in [6.45, 7) is 2.07. The third-order valence-electron chi connectivity index (χ3n) is 4.80. The summed E-state index contributed by atoms with van der Waals surface area (Å²) < 4.78 is 73.1. The molecule has 0 saturated carbocycles. The second kappa shape index (κ2) is 11.9. The van der Waals surface area contributed by atoms with Crippen molar-refractivity contribution in [3.05, 3.63) is 99.9 Å². The molecule has 0 aliphatic carbocycles. The van der Waals surface area contributed by atoms with Gasteiger partial charge >= 0.3 is 5.97 Å². The van der Waals surface area contributed by atoms with Crippen molar-refractivity contribution in [1.82, 2.24) is 0 Å². The molecule has 0 aromatic heterocycles. The van der Waals surface area contributed by atoms with Gasteiger partial charge in [-0.05, 0) is 42.8 Å². The monoisotopic (exact) mass is 482 g/mol. The standard InChI is InChI=1S/C28H19F5O2/c1-2-3-4-5-6-7-19-14-23(29)22(24(30)15-19)13-10-18-8-11-20(12-9-18)28(34)35-21-16-25(31)27(33)26(32)17-21/h8-9,11-12,14-17H,2-5H2,1H3. The SMILES string of the molecule is CCCCCC#Cc1cc(F)c(C#Cc2ccc(C(=O)Oc3cc(F)c(F)c(F)c3)cc2)c(F)c1. The summed E-state index contributed by atoms with van der Waals surface area (Å²) in [7, 11) is 0. The maximum absolute atomic E-state index is 14.4. The number of hydrogen-bond acceptors (Lipinski definition) is 2. The Bertz CT molecular complexity index is 1310. The number of ether oxygens (including phenoxy) is 1. The summed E-state index contributed by atoms with van der Waals surface area (Å²) in [6.07, 6.45) is 3.68. The van der Waals surface area contributed by atoms with Gasteiger partial charge in [0.25, 0.3) is 0 Å². The van der Waals surface area contributed by atoms with Gasteiger partial charge in [0.1, 0.15) is 17.4 Å². The predicted octanol–water partition coefficient (Wildman–Crippen LogP) is 6.93. The Balaban J connectivity index is 1.70. The van der Waals surface area contributed by atoms with Gasteiger partial charge in [-0.15, -0.1) is 0 Å². The van der Waals surface area contributed by atoms with Crippen molar-refractivity contribution >= 4 is 5.97 Å². The van der Waals surface area contributed by atoms with Crippen molar-refractivity contribution < 1.29 is 31.5 Å². The molecule has 2 nitrogen and oxygen atoms in total. The smallest absolute Gasteiger partial charge is 0.343 e. The summed E-state index contributed by atoms with van der Waals surface area (Å²) in [5.41, 5.74) is 0.176. The molecule has 0 aliphatic heterocycles. The van der Waals surface area contributed by atoms with E-state index in [1.165, 1.54) is 24.3 Å². The highest BCUT2D eigenvalue weighted by Crippen LogP contribution is 2.20. The van der Waals surface area contributed by atoms with Crippen molar-refractivity contribution in [3.63, 3.8) is 0 Å². The van der Waals surface area contributed by atoms with Crippen LogP contribution < -0.4 is 4.74 Å². The minimum atomic E-state index is -1.68. The number of carbonyl (C=O) groups is 1. The summed E-state index contributed by atoms with van der Waals surface area (Å²) in [6, 6.07) is 8.77. The molecule has 0 spiro atoms. The maximum atomic E-state index is 14.4. The van der Waals surface area contributed by atoms with E-state index in [4.69, 9.17) is 4.74 Å². The van der Waals surface area contributed by atoms with Crippen LogP contribution in [0.2, 0.25) is 0 Å². The van der Waals surface area contributed by atoms with Crippen LogP contribution in [0.15, 0.2) is 48.5 Å². The molecular weight excluding hydrogens is 463 g/mol. The Hall–Kier alpha value is -4.10. The summed E-state index contributed by atoms with van der Waals surface area (Å²) in [5, 5.41) is 0. The van der Waals surface area contributed by atoms with Crippen LogP contribution in [0, 0.1) is 52.8 Å². The summed E-state index contributed by atoms with van der Waals surface area (Å²) in [4.78, 5) is 12.2. The van der Waals surface area contributed by atoms with Gasteiger partial charge in [0.2, 0.25) is 0 Å². The van der Waals surface area contributed by atoms with E-state index in [-0.39, 0.29) is 11.1 Å². The quantitative estimate of drug-likeness (QED) is 0.0984. The van der Waals surface area contributed by atoms with E-state index in [2.05, 4.69) is 30.6 Å². The van der Waals surface area contributed by atoms with E-state index in [9.17, 15) is 26.7 Å². The minimum Gasteiger partial charge on any atom is -0.423 e. The number of hydrogen-bond donors (Lipinski definition) is 0. The molecule has 0 amide bonds. The Morgan fingerprint density at radius 2 is 1.40 bits per heavy atom. The van der Waals surface area contributed by atoms with Crippen molar-refractivity contribution in [2.45, 2.75) is 32.6 Å². The lowest BCUT2D eigenvalue weighted by Gasteiger charge is -2.05. The number of benzene rings is 3. The van der Waals surface area contributed by atoms with Crippen LogP contribution in [0.3, 0.4) is 0 Å². The van der Waals surface area contributed by atoms with Crippen LogP contribution in [-0.2, 0) is 0 Å². The molecule has 7 heteroatoms. The molecule has 0 aliphatic rings. The van der Waals surface area contributed by atoms with E-state index < -0.39 is 46.4 Å². The van der Waals surface area contributed by atoms with Crippen LogP contribution in [0.4, 0.5) is 22.0 Å². The lowest BCUT2D eigenvalue weighted by atomic mass is 10.1. The predicted molar refractivity (Wildman–Crippen MR) is 121 cm³/mol. The molecule has 0 unspecified atom stereocenters. The molecule has 0 bridgehead atoms. The first-order valence-corrected chi connectivity index (χ1v) is 10.7.